The number of hydrogen-bond donors (Lipinski definition) is 1. The van der Waals surface area contributed by atoms with Crippen LogP contribution in [0, 0.1) is 5.82 Å². The van der Waals surface area contributed by atoms with Crippen LogP contribution in [-0.4, -0.2) is 50.8 Å². The maximum atomic E-state index is 14.1. The molecule has 1 heterocycles. The van der Waals surface area contributed by atoms with Crippen molar-refractivity contribution in [1.82, 2.24) is 25.2 Å². The average Bonchev–Trinajstić information content (AvgIpc) is 3.13. The van der Waals surface area contributed by atoms with E-state index in [-0.39, 0.29) is 40.3 Å². The summed E-state index contributed by atoms with van der Waals surface area (Å²) in [5.41, 5.74) is 0.272. The number of amides is 2. The lowest BCUT2D eigenvalue weighted by atomic mass is 9.90. The molecule has 1 saturated carbocycles. The van der Waals surface area contributed by atoms with Gasteiger partial charge in [-0.05, 0) is 37.8 Å². The van der Waals surface area contributed by atoms with E-state index >= 15 is 0 Å². The molecule has 0 radical (unpaired) electrons. The van der Waals surface area contributed by atoms with Crippen LogP contribution in [0.5, 0.6) is 0 Å². The first-order chi connectivity index (χ1) is 12.9. The number of benzene rings is 1. The molecule has 0 unspecified atom stereocenters. The Kier molecular flexibility index (Phi) is 5.74. The van der Waals surface area contributed by atoms with Gasteiger partial charge in [-0.15, -0.1) is 5.10 Å². The van der Waals surface area contributed by atoms with E-state index in [9.17, 15) is 14.0 Å². The standard InChI is InChI=1S/C18H21ClFN5O2/c1-11(26)21-12-6-8-13(9-7-12)24(2)18(27)15-10-25(23-22-15)16-5-3-4-14(19)17(16)20/h3-5,10,12-13H,6-9H2,1-2H3,(H,21,26). The van der Waals surface area contributed by atoms with E-state index < -0.39 is 5.82 Å². The monoisotopic (exact) mass is 393 g/mol. The number of carbonyl (C=O) groups is 2. The van der Waals surface area contributed by atoms with Gasteiger partial charge in [0.25, 0.3) is 5.91 Å². The van der Waals surface area contributed by atoms with Crippen LogP contribution >= 0.6 is 11.6 Å². The predicted octanol–water partition coefficient (Wildman–Crippen LogP) is 2.58. The van der Waals surface area contributed by atoms with Gasteiger partial charge in [-0.2, -0.15) is 0 Å². The van der Waals surface area contributed by atoms with Crippen molar-refractivity contribution >= 4 is 23.4 Å². The molecular formula is C18H21ClFN5O2. The number of nitrogens with one attached hydrogen (secondary N) is 1. The minimum Gasteiger partial charge on any atom is -0.354 e. The highest BCUT2D eigenvalue weighted by molar-refractivity contribution is 6.30. The third-order valence-corrected chi connectivity index (χ3v) is 5.15. The largest absolute Gasteiger partial charge is 0.354 e. The second kappa shape index (κ2) is 8.04. The molecule has 0 bridgehead atoms. The Labute approximate surface area is 161 Å². The third-order valence-electron chi connectivity index (χ3n) is 4.86. The van der Waals surface area contributed by atoms with Gasteiger partial charge in [0.2, 0.25) is 5.91 Å². The molecule has 3 rings (SSSR count). The number of carbonyl (C=O) groups excluding carboxylic acids is 2. The Balaban J connectivity index is 1.67. The van der Waals surface area contributed by atoms with E-state index in [1.165, 1.54) is 29.9 Å². The highest BCUT2D eigenvalue weighted by atomic mass is 35.5. The second-order valence-corrected chi connectivity index (χ2v) is 7.15. The molecule has 1 aromatic carbocycles. The lowest BCUT2D eigenvalue weighted by Gasteiger charge is -2.34. The summed E-state index contributed by atoms with van der Waals surface area (Å²) in [6.07, 6.45) is 4.63. The molecule has 1 fully saturated rings. The Hall–Kier alpha value is -2.48. The number of aromatic nitrogens is 3. The predicted molar refractivity (Wildman–Crippen MR) is 98.3 cm³/mol. The van der Waals surface area contributed by atoms with Gasteiger partial charge in [0, 0.05) is 26.1 Å². The maximum absolute atomic E-state index is 14.1. The summed E-state index contributed by atoms with van der Waals surface area (Å²) in [7, 11) is 1.73. The molecule has 0 aliphatic heterocycles. The Morgan fingerprint density at radius 1 is 1.30 bits per heavy atom. The molecule has 0 spiro atoms. The average molecular weight is 394 g/mol. The highest BCUT2D eigenvalue weighted by Crippen LogP contribution is 2.24. The molecule has 1 N–H and O–H groups in total. The van der Waals surface area contributed by atoms with Crippen molar-refractivity contribution in [3.63, 3.8) is 0 Å². The van der Waals surface area contributed by atoms with Crippen molar-refractivity contribution in [1.29, 1.82) is 0 Å². The molecule has 9 heteroatoms. The Morgan fingerprint density at radius 3 is 2.67 bits per heavy atom. The maximum Gasteiger partial charge on any atom is 0.276 e. The summed E-state index contributed by atoms with van der Waals surface area (Å²) in [6.45, 7) is 1.51. The zero-order chi connectivity index (χ0) is 19.6. The summed E-state index contributed by atoms with van der Waals surface area (Å²) in [5, 5.41) is 10.6. The van der Waals surface area contributed by atoms with Gasteiger partial charge in [0.15, 0.2) is 11.5 Å². The number of hydrogen-bond acceptors (Lipinski definition) is 4. The van der Waals surface area contributed by atoms with Crippen LogP contribution in [0.3, 0.4) is 0 Å². The first-order valence-corrected chi connectivity index (χ1v) is 9.15. The van der Waals surface area contributed by atoms with Crippen molar-refractivity contribution in [3.05, 3.63) is 40.9 Å². The summed E-state index contributed by atoms with van der Waals surface area (Å²) in [6, 6.07) is 4.78. The molecule has 7 nitrogen and oxygen atoms in total. The van der Waals surface area contributed by atoms with E-state index in [4.69, 9.17) is 11.6 Å². The van der Waals surface area contributed by atoms with Gasteiger partial charge in [-0.1, -0.05) is 22.9 Å². The lowest BCUT2D eigenvalue weighted by Crippen LogP contribution is -2.44. The minimum absolute atomic E-state index is 0.0241. The molecule has 1 aliphatic rings. The second-order valence-electron chi connectivity index (χ2n) is 6.74. The normalized spacial score (nSPS) is 19.6. The summed E-state index contributed by atoms with van der Waals surface area (Å²) in [4.78, 5) is 25.5. The van der Waals surface area contributed by atoms with Gasteiger partial charge in [0.05, 0.1) is 11.2 Å². The minimum atomic E-state index is -0.618. The summed E-state index contributed by atoms with van der Waals surface area (Å²) >= 11 is 5.79. The van der Waals surface area contributed by atoms with Crippen molar-refractivity contribution < 1.29 is 14.0 Å². The van der Waals surface area contributed by atoms with Gasteiger partial charge in [-0.25, -0.2) is 9.07 Å². The van der Waals surface area contributed by atoms with Crippen LogP contribution in [0.4, 0.5) is 4.39 Å². The molecule has 2 aromatic rings. The first kappa shape index (κ1) is 19.3. The van der Waals surface area contributed by atoms with Crippen LogP contribution in [0.15, 0.2) is 24.4 Å². The van der Waals surface area contributed by atoms with E-state index in [1.807, 2.05) is 0 Å². The first-order valence-electron chi connectivity index (χ1n) is 8.78. The van der Waals surface area contributed by atoms with Gasteiger partial charge >= 0.3 is 0 Å². The Morgan fingerprint density at radius 2 is 2.00 bits per heavy atom. The molecule has 1 aliphatic carbocycles. The molecule has 2 amide bonds. The zero-order valence-electron chi connectivity index (χ0n) is 15.2. The van der Waals surface area contributed by atoms with Crippen LogP contribution in [0.25, 0.3) is 5.69 Å². The van der Waals surface area contributed by atoms with Crippen LogP contribution < -0.4 is 5.32 Å². The number of halogens is 2. The fourth-order valence-electron chi connectivity index (χ4n) is 3.39. The number of nitrogens with zero attached hydrogens (tertiary/aromatic N) is 4. The fourth-order valence-corrected chi connectivity index (χ4v) is 3.56. The van der Waals surface area contributed by atoms with Crippen molar-refractivity contribution in [2.24, 2.45) is 0 Å². The van der Waals surface area contributed by atoms with Crippen molar-refractivity contribution in [3.8, 4) is 5.69 Å². The fraction of sp³-hybridized carbons (Fsp3) is 0.444. The zero-order valence-corrected chi connectivity index (χ0v) is 15.9. The van der Waals surface area contributed by atoms with Gasteiger partial charge in [-0.3, -0.25) is 9.59 Å². The van der Waals surface area contributed by atoms with E-state index in [2.05, 4.69) is 15.6 Å². The molecule has 0 atom stereocenters. The topological polar surface area (TPSA) is 80.1 Å². The summed E-state index contributed by atoms with van der Waals surface area (Å²) < 4.78 is 15.3. The van der Waals surface area contributed by atoms with Crippen LogP contribution in [0.2, 0.25) is 5.02 Å². The highest BCUT2D eigenvalue weighted by Gasteiger charge is 2.28. The van der Waals surface area contributed by atoms with E-state index in [0.29, 0.717) is 0 Å². The molecule has 1 aromatic heterocycles. The van der Waals surface area contributed by atoms with Crippen LogP contribution in [0.1, 0.15) is 43.1 Å². The van der Waals surface area contributed by atoms with E-state index in [1.54, 1.807) is 18.0 Å². The summed E-state index contributed by atoms with van der Waals surface area (Å²) in [5.74, 6) is -0.924. The molecule has 144 valence electrons. The lowest BCUT2D eigenvalue weighted by molar-refractivity contribution is -0.119. The molecular weight excluding hydrogens is 373 g/mol. The smallest absolute Gasteiger partial charge is 0.276 e. The van der Waals surface area contributed by atoms with E-state index in [0.717, 1.165) is 25.7 Å². The quantitative estimate of drug-likeness (QED) is 0.865. The van der Waals surface area contributed by atoms with Gasteiger partial charge < -0.3 is 10.2 Å². The molecule has 0 saturated heterocycles. The van der Waals surface area contributed by atoms with Gasteiger partial charge in [0.1, 0.15) is 5.69 Å². The SMILES string of the molecule is CC(=O)NC1CCC(N(C)C(=O)c2cn(-c3cccc(Cl)c3F)nn2)CC1. The van der Waals surface area contributed by atoms with Crippen molar-refractivity contribution in [2.75, 3.05) is 7.05 Å². The van der Waals surface area contributed by atoms with Crippen LogP contribution in [-0.2, 0) is 4.79 Å². The van der Waals surface area contributed by atoms with Crippen molar-refractivity contribution in [2.45, 2.75) is 44.7 Å². The third kappa shape index (κ3) is 4.27. The Bertz CT molecular complexity index is 848. The molecule has 27 heavy (non-hydrogen) atoms. The number of rotatable bonds is 4.